The Hall–Kier alpha value is -1.03. The van der Waals surface area contributed by atoms with Crippen LogP contribution in [0, 0.1) is 0 Å². The average Bonchev–Trinajstić information content (AvgIpc) is 3.09. The lowest BCUT2D eigenvalue weighted by Gasteiger charge is -2.41. The Balaban J connectivity index is 1.87. The van der Waals surface area contributed by atoms with Crippen molar-refractivity contribution in [2.75, 3.05) is 11.2 Å². The normalized spacial score (nSPS) is 21.9. The minimum atomic E-state index is -0.101. The molecule has 3 rings (SSSR count). The molecule has 0 bridgehead atoms. The van der Waals surface area contributed by atoms with Crippen molar-refractivity contribution < 1.29 is 0 Å². The number of halogens is 1. The zero-order valence-electron chi connectivity index (χ0n) is 9.66. The summed E-state index contributed by atoms with van der Waals surface area (Å²) in [4.78, 5) is 16.3. The SMILES string of the molecule is O=c1c(NC2(CCl)CCC2)nccn1C1CC1. The molecule has 92 valence electrons. The van der Waals surface area contributed by atoms with Gasteiger partial charge in [0.05, 0.1) is 5.54 Å². The van der Waals surface area contributed by atoms with Gasteiger partial charge in [-0.2, -0.15) is 0 Å². The first-order chi connectivity index (χ1) is 8.24. The van der Waals surface area contributed by atoms with E-state index in [1.165, 1.54) is 6.42 Å². The number of hydrogen-bond acceptors (Lipinski definition) is 3. The highest BCUT2D eigenvalue weighted by atomic mass is 35.5. The molecule has 0 saturated heterocycles. The van der Waals surface area contributed by atoms with Crippen LogP contribution in [0.2, 0.25) is 0 Å². The Bertz CT molecular complexity index is 471. The molecule has 0 radical (unpaired) electrons. The molecule has 1 N–H and O–H groups in total. The molecule has 0 aromatic carbocycles. The van der Waals surface area contributed by atoms with Gasteiger partial charge in [-0.15, -0.1) is 11.6 Å². The number of hydrogen-bond donors (Lipinski definition) is 1. The van der Waals surface area contributed by atoms with Crippen molar-refractivity contribution >= 4 is 17.4 Å². The number of rotatable bonds is 4. The van der Waals surface area contributed by atoms with Gasteiger partial charge >= 0.3 is 0 Å². The number of anilines is 1. The summed E-state index contributed by atoms with van der Waals surface area (Å²) >= 11 is 5.98. The molecule has 0 unspecified atom stereocenters. The lowest BCUT2D eigenvalue weighted by atomic mass is 9.78. The Morgan fingerprint density at radius 3 is 2.82 bits per heavy atom. The van der Waals surface area contributed by atoms with Gasteiger partial charge in [0.25, 0.3) is 5.56 Å². The van der Waals surface area contributed by atoms with Crippen molar-refractivity contribution in [1.82, 2.24) is 9.55 Å². The molecule has 1 aromatic rings. The van der Waals surface area contributed by atoms with E-state index in [0.29, 0.717) is 17.7 Å². The second-order valence-corrected chi connectivity index (χ2v) is 5.38. The van der Waals surface area contributed by atoms with Crippen LogP contribution in [0.1, 0.15) is 38.1 Å². The second-order valence-electron chi connectivity index (χ2n) is 5.11. The van der Waals surface area contributed by atoms with E-state index < -0.39 is 0 Å². The van der Waals surface area contributed by atoms with Crippen LogP contribution in [0.4, 0.5) is 5.82 Å². The lowest BCUT2D eigenvalue weighted by Crippen LogP contribution is -2.48. The van der Waals surface area contributed by atoms with Crippen LogP contribution in [0.25, 0.3) is 0 Å². The average molecular weight is 254 g/mol. The van der Waals surface area contributed by atoms with Crippen molar-refractivity contribution in [3.05, 3.63) is 22.7 Å². The van der Waals surface area contributed by atoms with Crippen LogP contribution in [0.15, 0.2) is 17.2 Å². The molecule has 0 amide bonds. The molecule has 2 saturated carbocycles. The van der Waals surface area contributed by atoms with Crippen molar-refractivity contribution in [3.63, 3.8) is 0 Å². The molecule has 2 aliphatic carbocycles. The van der Waals surface area contributed by atoms with Gasteiger partial charge < -0.3 is 9.88 Å². The third-order valence-electron chi connectivity index (χ3n) is 3.76. The highest BCUT2D eigenvalue weighted by Gasteiger charge is 2.37. The lowest BCUT2D eigenvalue weighted by molar-refractivity contribution is 0.309. The molecule has 1 aromatic heterocycles. The number of nitrogens with zero attached hydrogens (tertiary/aromatic N) is 2. The summed E-state index contributed by atoms with van der Waals surface area (Å²) in [6.45, 7) is 0. The predicted octanol–water partition coefficient (Wildman–Crippen LogP) is 2.15. The monoisotopic (exact) mass is 253 g/mol. The van der Waals surface area contributed by atoms with Gasteiger partial charge in [-0.1, -0.05) is 0 Å². The molecule has 17 heavy (non-hydrogen) atoms. The first-order valence-corrected chi connectivity index (χ1v) is 6.69. The smallest absolute Gasteiger partial charge is 0.293 e. The zero-order valence-corrected chi connectivity index (χ0v) is 10.4. The molecule has 1 heterocycles. The third-order valence-corrected chi connectivity index (χ3v) is 4.27. The summed E-state index contributed by atoms with van der Waals surface area (Å²) < 4.78 is 1.79. The molecule has 2 fully saturated rings. The summed E-state index contributed by atoms with van der Waals surface area (Å²) in [6.07, 6.45) is 8.89. The minimum Gasteiger partial charge on any atom is -0.359 e. The fourth-order valence-electron chi connectivity index (χ4n) is 2.30. The Morgan fingerprint density at radius 2 is 2.29 bits per heavy atom. The largest absolute Gasteiger partial charge is 0.359 e. The fourth-order valence-corrected chi connectivity index (χ4v) is 2.63. The topological polar surface area (TPSA) is 46.9 Å². The second kappa shape index (κ2) is 4.02. The van der Waals surface area contributed by atoms with E-state index >= 15 is 0 Å². The van der Waals surface area contributed by atoms with Crippen LogP contribution in [-0.4, -0.2) is 21.0 Å². The maximum atomic E-state index is 12.2. The maximum Gasteiger partial charge on any atom is 0.293 e. The highest BCUT2D eigenvalue weighted by molar-refractivity contribution is 6.19. The van der Waals surface area contributed by atoms with E-state index in [-0.39, 0.29) is 11.1 Å². The number of nitrogens with one attached hydrogen (secondary N) is 1. The summed E-state index contributed by atoms with van der Waals surface area (Å²) in [5, 5.41) is 3.26. The van der Waals surface area contributed by atoms with E-state index in [0.717, 1.165) is 25.7 Å². The summed E-state index contributed by atoms with van der Waals surface area (Å²) in [5.74, 6) is 0.992. The van der Waals surface area contributed by atoms with Gasteiger partial charge in [0, 0.05) is 24.3 Å². The van der Waals surface area contributed by atoms with Crippen LogP contribution >= 0.6 is 11.6 Å². The van der Waals surface area contributed by atoms with Crippen LogP contribution in [-0.2, 0) is 0 Å². The first-order valence-electron chi connectivity index (χ1n) is 6.15. The van der Waals surface area contributed by atoms with E-state index in [4.69, 9.17) is 11.6 Å². The van der Waals surface area contributed by atoms with Crippen LogP contribution in [0.5, 0.6) is 0 Å². The predicted molar refractivity (Wildman–Crippen MR) is 67.7 cm³/mol. The van der Waals surface area contributed by atoms with E-state index in [9.17, 15) is 4.79 Å². The van der Waals surface area contributed by atoms with Crippen LogP contribution in [0.3, 0.4) is 0 Å². The van der Waals surface area contributed by atoms with Gasteiger partial charge in [0.2, 0.25) is 0 Å². The zero-order chi connectivity index (χ0) is 11.9. The molecule has 0 aliphatic heterocycles. The van der Waals surface area contributed by atoms with Gasteiger partial charge in [0.15, 0.2) is 5.82 Å². The van der Waals surface area contributed by atoms with Crippen molar-refractivity contribution in [2.45, 2.75) is 43.7 Å². The molecule has 2 aliphatic rings. The minimum absolute atomic E-state index is 0.00797. The summed E-state index contributed by atoms with van der Waals surface area (Å²) in [7, 11) is 0. The van der Waals surface area contributed by atoms with Gasteiger partial charge in [0.1, 0.15) is 0 Å². The van der Waals surface area contributed by atoms with Crippen LogP contribution < -0.4 is 10.9 Å². The standard InChI is InChI=1S/C12H16ClN3O/c13-8-12(4-1-5-12)15-10-11(17)16(7-6-14-10)9-2-3-9/h6-7,9H,1-5,8H2,(H,14,15). The maximum absolute atomic E-state index is 12.2. The Morgan fingerprint density at radius 1 is 1.53 bits per heavy atom. The highest BCUT2D eigenvalue weighted by Crippen LogP contribution is 2.36. The molecule has 0 spiro atoms. The number of aromatic nitrogens is 2. The van der Waals surface area contributed by atoms with Crippen molar-refractivity contribution in [1.29, 1.82) is 0 Å². The fraction of sp³-hybridized carbons (Fsp3) is 0.667. The summed E-state index contributed by atoms with van der Waals surface area (Å²) in [5.41, 5.74) is -0.109. The molecular weight excluding hydrogens is 238 g/mol. The molecule has 4 nitrogen and oxygen atoms in total. The van der Waals surface area contributed by atoms with Gasteiger partial charge in [-0.25, -0.2) is 4.98 Å². The molecule has 0 atom stereocenters. The van der Waals surface area contributed by atoms with Crippen molar-refractivity contribution in [3.8, 4) is 0 Å². The third kappa shape index (κ3) is 1.95. The van der Waals surface area contributed by atoms with Gasteiger partial charge in [-0.3, -0.25) is 4.79 Å². The van der Waals surface area contributed by atoms with Gasteiger partial charge in [-0.05, 0) is 32.1 Å². The summed E-state index contributed by atoms with van der Waals surface area (Å²) in [6, 6.07) is 0.388. The first kappa shape index (κ1) is 11.1. The van der Waals surface area contributed by atoms with E-state index in [1.54, 1.807) is 17.0 Å². The molecule has 5 heteroatoms. The number of alkyl halides is 1. The quantitative estimate of drug-likeness (QED) is 0.837. The van der Waals surface area contributed by atoms with E-state index in [1.807, 2.05) is 0 Å². The van der Waals surface area contributed by atoms with E-state index in [2.05, 4.69) is 10.3 Å². The molecular formula is C12H16ClN3O. The Kier molecular flexibility index (Phi) is 2.62. The Labute approximate surface area is 105 Å². The van der Waals surface area contributed by atoms with Crippen molar-refractivity contribution in [2.24, 2.45) is 0 Å².